The molecule has 0 spiro atoms. The van der Waals surface area contributed by atoms with Crippen LogP contribution >= 0.6 is 0 Å². The molecule has 0 amide bonds. The molecule has 0 radical (unpaired) electrons. The topological polar surface area (TPSA) is 300 Å². The van der Waals surface area contributed by atoms with Crippen LogP contribution in [0.2, 0.25) is 0 Å². The molecule has 0 saturated carbocycles. The van der Waals surface area contributed by atoms with Gasteiger partial charge >= 0.3 is 94.5 Å². The van der Waals surface area contributed by atoms with Gasteiger partial charge in [0.1, 0.15) is 0 Å². The summed E-state index contributed by atoms with van der Waals surface area (Å²) in [5, 5.41) is 0. The zero-order chi connectivity index (χ0) is 0. The van der Waals surface area contributed by atoms with Crippen molar-refractivity contribution in [1.82, 2.24) is 0 Å². The fraction of sp³-hybridized carbons (Fsp3) is 0. The summed E-state index contributed by atoms with van der Waals surface area (Å²) in [4.78, 5) is 0. The Labute approximate surface area is 147 Å². The van der Waals surface area contributed by atoms with Crippen LogP contribution in [0.1, 0.15) is 0 Å². The van der Waals surface area contributed by atoms with E-state index in [1.54, 1.807) is 0 Å². The summed E-state index contributed by atoms with van der Waals surface area (Å²) in [6.07, 6.45) is 0. The molecule has 0 bridgehead atoms. The van der Waals surface area contributed by atoms with E-state index in [4.69, 9.17) is 0 Å². The zero-order valence-corrected chi connectivity index (χ0v) is 15.0. The van der Waals surface area contributed by atoms with E-state index >= 15 is 0 Å². The summed E-state index contributed by atoms with van der Waals surface area (Å²) in [6, 6.07) is 0. The summed E-state index contributed by atoms with van der Waals surface area (Å²) in [5.41, 5.74) is 0. The number of hydrogen-bond acceptors (Lipinski definition) is 10. The van der Waals surface area contributed by atoms with Gasteiger partial charge in [-0.05, 0) is 0 Å². The Morgan fingerprint density at radius 2 is 0.308 bits per heavy atom. The van der Waals surface area contributed by atoms with Crippen LogP contribution in [-0.2, 0) is 58.9 Å². The predicted molar refractivity (Wildman–Crippen MR) is 19.4 cm³/mol. The zero-order valence-electron chi connectivity index (χ0n) is 6.13. The van der Waals surface area contributed by atoms with E-state index in [9.17, 15) is 0 Å². The van der Waals surface area contributed by atoms with Crippen molar-refractivity contribution in [1.29, 1.82) is 0 Å². The quantitative estimate of drug-likeness (QED) is 0.368. The summed E-state index contributed by atoms with van der Waals surface area (Å²) >= 11 is 0. The molecule has 13 heavy (non-hydrogen) atoms. The Bertz CT molecular complexity index is 14.9. The molecule has 0 aromatic heterocycles. The first-order chi connectivity index (χ1) is 0. The average molecular weight is 489 g/mol. The maximum absolute atomic E-state index is 0. The summed E-state index contributed by atoms with van der Waals surface area (Å²) < 4.78 is 0. The van der Waals surface area contributed by atoms with Crippen molar-refractivity contribution in [3.05, 3.63) is 0 Å². The first-order valence-electron chi connectivity index (χ1n) is 0. The second-order valence-electron chi connectivity index (χ2n) is 0. The van der Waals surface area contributed by atoms with Gasteiger partial charge in [0.25, 0.3) is 0 Å². The van der Waals surface area contributed by atoms with Gasteiger partial charge in [0.15, 0.2) is 0 Å². The molecule has 0 aliphatic rings. The van der Waals surface area contributed by atoms with Crippen molar-refractivity contribution in [3.8, 4) is 0 Å². The van der Waals surface area contributed by atoms with E-state index in [1.807, 2.05) is 0 Å². The van der Waals surface area contributed by atoms with Crippen LogP contribution in [0.25, 0.3) is 0 Å². The van der Waals surface area contributed by atoms with E-state index in [-0.39, 0.29) is 149 Å². The fourth-order valence-electron chi connectivity index (χ4n) is 0. The van der Waals surface area contributed by atoms with Gasteiger partial charge in [-0.15, -0.1) is 0 Å². The molecule has 0 heterocycles. The third-order valence-electron chi connectivity index (χ3n) is 0. The maximum Gasteiger partial charge on any atom is 4.00 e. The van der Waals surface area contributed by atoms with Gasteiger partial charge in [0.05, 0.1) is 0 Å². The molecule has 10 nitrogen and oxygen atoms in total. The molecular formula is H10LaO10YZr. The van der Waals surface area contributed by atoms with Gasteiger partial charge in [-0.25, -0.2) is 0 Å². The molecule has 0 unspecified atom stereocenters. The second-order valence-corrected chi connectivity index (χ2v) is 0. The van der Waals surface area contributed by atoms with E-state index < -0.39 is 0 Å². The molecule has 0 aliphatic heterocycles. The Hall–Kier alpha value is 2.78. The largest absolute Gasteiger partial charge is 4.00 e. The standard InChI is InChI=1S/La.10H2O.Y.Zr/h;10*1H2;;/q+3;;;;;;;;;;;+3;+4/p-10. The van der Waals surface area contributed by atoms with Gasteiger partial charge in [-0.3, -0.25) is 0 Å². The maximum atomic E-state index is 0. The fourth-order valence-corrected chi connectivity index (χ4v) is 0. The minimum Gasteiger partial charge on any atom is -0.870 e. The Morgan fingerprint density at radius 1 is 0.308 bits per heavy atom. The van der Waals surface area contributed by atoms with Crippen molar-refractivity contribution in [3.63, 3.8) is 0 Å². The van der Waals surface area contributed by atoms with Gasteiger partial charge in [0.2, 0.25) is 0 Å². The monoisotopic (exact) mass is 488 g/mol. The third-order valence-corrected chi connectivity index (χ3v) is 0. The second kappa shape index (κ2) is 363. The van der Waals surface area contributed by atoms with Crippen molar-refractivity contribution in [2.24, 2.45) is 0 Å². The first-order valence-corrected chi connectivity index (χ1v) is 0. The van der Waals surface area contributed by atoms with Gasteiger partial charge in [-0.2, -0.15) is 0 Å². The van der Waals surface area contributed by atoms with Gasteiger partial charge < -0.3 is 54.8 Å². The minimum absolute atomic E-state index is 0. The molecule has 10 N–H and O–H groups in total. The Balaban J connectivity index is 0. The minimum atomic E-state index is 0. The molecular weight excluding hydrogens is 479 g/mol. The molecule has 0 aromatic rings. The molecule has 0 atom stereocenters. The van der Waals surface area contributed by atoms with E-state index in [0.29, 0.717) is 0 Å². The van der Waals surface area contributed by atoms with Crippen molar-refractivity contribution in [2.75, 3.05) is 0 Å². The van der Waals surface area contributed by atoms with Crippen molar-refractivity contribution in [2.45, 2.75) is 0 Å². The smallest absolute Gasteiger partial charge is 0.870 e. The number of hydrogen-bond donors (Lipinski definition) is 0. The SMILES string of the molecule is [La+3].[OH-].[OH-].[OH-].[OH-].[OH-].[OH-].[OH-].[OH-].[OH-].[OH-].[Y+3].[Zr+4]. The van der Waals surface area contributed by atoms with E-state index in [0.717, 1.165) is 0 Å². The Kier molecular flexibility index (Phi) is 12400. The number of rotatable bonds is 0. The molecule has 0 aromatic carbocycles. The Morgan fingerprint density at radius 3 is 0.308 bits per heavy atom. The molecule has 0 rings (SSSR count). The first kappa shape index (κ1) is 446. The van der Waals surface area contributed by atoms with Crippen molar-refractivity contribution >= 4 is 0 Å². The molecule has 0 saturated heterocycles. The predicted octanol–water partition coefficient (Wildman–Crippen LogP) is -1.77. The summed E-state index contributed by atoms with van der Waals surface area (Å²) in [5.74, 6) is 0. The van der Waals surface area contributed by atoms with Gasteiger partial charge in [0, 0.05) is 0 Å². The van der Waals surface area contributed by atoms with Crippen LogP contribution in [-0.4, -0.2) is 54.8 Å². The third kappa shape index (κ3) is 312. The summed E-state index contributed by atoms with van der Waals surface area (Å²) in [7, 11) is 0. The molecule has 80 valence electrons. The normalized spacial score (nSPS) is 0. The van der Waals surface area contributed by atoms with Crippen LogP contribution in [0.5, 0.6) is 0 Å². The van der Waals surface area contributed by atoms with Crippen LogP contribution < -0.4 is 0 Å². The van der Waals surface area contributed by atoms with Crippen molar-refractivity contribution < 1.29 is 149 Å². The van der Waals surface area contributed by atoms with Crippen LogP contribution in [0.3, 0.4) is 0 Å². The molecule has 0 aliphatic carbocycles. The van der Waals surface area contributed by atoms with Crippen LogP contribution in [0, 0.1) is 35.6 Å². The summed E-state index contributed by atoms with van der Waals surface area (Å²) in [6.45, 7) is 0. The van der Waals surface area contributed by atoms with Gasteiger partial charge in [-0.1, -0.05) is 0 Å². The van der Waals surface area contributed by atoms with Crippen LogP contribution in [0.4, 0.5) is 0 Å². The van der Waals surface area contributed by atoms with Crippen LogP contribution in [0.15, 0.2) is 0 Å². The van der Waals surface area contributed by atoms with E-state index in [2.05, 4.69) is 0 Å². The molecule has 0 fully saturated rings. The molecule has 13 heteroatoms. The van der Waals surface area contributed by atoms with E-state index in [1.165, 1.54) is 0 Å². The average Bonchev–Trinajstić information content (AvgIpc) is 0.